The lowest BCUT2D eigenvalue weighted by atomic mass is 9.82. The fourth-order valence-corrected chi connectivity index (χ4v) is 3.45. The Morgan fingerprint density at radius 2 is 2.20 bits per heavy atom. The number of hydrogen-bond donors (Lipinski definition) is 1. The maximum Gasteiger partial charge on any atom is 0.166 e. The van der Waals surface area contributed by atoms with Gasteiger partial charge in [-0.25, -0.2) is 0 Å². The molecule has 1 atom stereocenters. The molecule has 1 heterocycles. The van der Waals surface area contributed by atoms with E-state index in [1.807, 2.05) is 17.5 Å². The minimum Gasteiger partial charge on any atom is -0.376 e. The van der Waals surface area contributed by atoms with E-state index in [0.29, 0.717) is 0 Å². The van der Waals surface area contributed by atoms with E-state index in [9.17, 15) is 9.90 Å². The summed E-state index contributed by atoms with van der Waals surface area (Å²) in [7, 11) is 0. The monoisotopic (exact) mass is 224 g/mol. The van der Waals surface area contributed by atoms with Crippen molar-refractivity contribution in [3.8, 4) is 0 Å². The van der Waals surface area contributed by atoms with E-state index >= 15 is 0 Å². The van der Waals surface area contributed by atoms with E-state index in [4.69, 9.17) is 0 Å². The van der Waals surface area contributed by atoms with E-state index in [-0.39, 0.29) is 11.7 Å². The van der Waals surface area contributed by atoms with Crippen LogP contribution in [0.15, 0.2) is 17.5 Å². The maximum absolute atomic E-state index is 11.7. The summed E-state index contributed by atoms with van der Waals surface area (Å²) in [5, 5.41) is 12.5. The van der Waals surface area contributed by atoms with Crippen LogP contribution in [-0.4, -0.2) is 10.9 Å². The average Bonchev–Trinajstić information content (AvgIpc) is 2.89. The Balaban J connectivity index is 2.35. The molecule has 1 unspecified atom stereocenters. The lowest BCUT2D eigenvalue weighted by Gasteiger charge is -2.30. The van der Waals surface area contributed by atoms with Gasteiger partial charge in [-0.3, -0.25) is 4.79 Å². The van der Waals surface area contributed by atoms with Crippen molar-refractivity contribution in [3.05, 3.63) is 22.4 Å². The van der Waals surface area contributed by atoms with Gasteiger partial charge in [-0.2, -0.15) is 0 Å². The Hall–Kier alpha value is -0.670. The fraction of sp³-hybridized carbons (Fsp3) is 0.583. The van der Waals surface area contributed by atoms with Crippen LogP contribution in [0.2, 0.25) is 0 Å². The molecule has 0 aliphatic heterocycles. The van der Waals surface area contributed by atoms with Crippen LogP contribution in [0.5, 0.6) is 0 Å². The number of aliphatic hydroxyl groups is 1. The summed E-state index contributed by atoms with van der Waals surface area (Å²) in [6.07, 6.45) is 4.19. The smallest absolute Gasteiger partial charge is 0.166 e. The Bertz CT molecular complexity index is 339. The molecule has 15 heavy (non-hydrogen) atoms. The van der Waals surface area contributed by atoms with Crippen LogP contribution in [0.1, 0.15) is 37.5 Å². The van der Waals surface area contributed by atoms with E-state index < -0.39 is 5.60 Å². The molecule has 1 aliphatic rings. The molecule has 1 N–H and O–H groups in total. The van der Waals surface area contributed by atoms with E-state index in [1.54, 1.807) is 0 Å². The zero-order valence-corrected chi connectivity index (χ0v) is 9.72. The van der Waals surface area contributed by atoms with Gasteiger partial charge in [-0.05, 0) is 37.1 Å². The highest BCUT2D eigenvalue weighted by molar-refractivity contribution is 7.10. The van der Waals surface area contributed by atoms with Crippen LogP contribution in [0.4, 0.5) is 0 Å². The third-order valence-corrected chi connectivity index (χ3v) is 4.37. The van der Waals surface area contributed by atoms with Crippen molar-refractivity contribution in [1.29, 1.82) is 0 Å². The summed E-state index contributed by atoms with van der Waals surface area (Å²) in [5.41, 5.74) is -1.22. The van der Waals surface area contributed by atoms with Gasteiger partial charge in [0.1, 0.15) is 0 Å². The van der Waals surface area contributed by atoms with Gasteiger partial charge in [-0.15, -0.1) is 11.3 Å². The molecule has 0 bridgehead atoms. The van der Waals surface area contributed by atoms with Crippen molar-refractivity contribution in [2.24, 2.45) is 5.92 Å². The number of thiophene rings is 1. The number of rotatable bonds is 3. The lowest BCUT2D eigenvalue weighted by molar-refractivity contribution is -0.142. The van der Waals surface area contributed by atoms with Crippen LogP contribution in [0, 0.1) is 5.92 Å². The molecule has 2 rings (SSSR count). The summed E-state index contributed by atoms with van der Waals surface area (Å²) in [6.45, 7) is 1.50. The molecule has 0 aromatic carbocycles. The number of Topliss-reactive ketones (excluding diaryl/α,β-unsaturated/α-hetero) is 1. The van der Waals surface area contributed by atoms with Crippen molar-refractivity contribution in [2.45, 2.75) is 38.2 Å². The van der Waals surface area contributed by atoms with Crippen LogP contribution >= 0.6 is 11.3 Å². The zero-order chi connectivity index (χ0) is 10.9. The van der Waals surface area contributed by atoms with Crippen molar-refractivity contribution >= 4 is 17.1 Å². The minimum absolute atomic E-state index is 0.114. The first-order chi connectivity index (χ1) is 7.15. The molecule has 0 amide bonds. The second-order valence-electron chi connectivity index (χ2n) is 4.28. The number of carbonyl (C=O) groups is 1. The highest BCUT2D eigenvalue weighted by Gasteiger charge is 2.44. The molecule has 3 heteroatoms. The lowest BCUT2D eigenvalue weighted by Crippen LogP contribution is -2.39. The van der Waals surface area contributed by atoms with E-state index in [1.165, 1.54) is 18.3 Å². The third kappa shape index (κ3) is 1.74. The van der Waals surface area contributed by atoms with Crippen molar-refractivity contribution in [1.82, 2.24) is 0 Å². The van der Waals surface area contributed by atoms with Crippen LogP contribution in [-0.2, 0) is 10.4 Å². The predicted octanol–water partition coefficient (Wildman–Crippen LogP) is 2.71. The highest BCUT2D eigenvalue weighted by Crippen LogP contribution is 2.42. The second-order valence-corrected chi connectivity index (χ2v) is 5.23. The Morgan fingerprint density at radius 3 is 2.67 bits per heavy atom. The topological polar surface area (TPSA) is 37.3 Å². The standard InChI is InChI=1S/C12H16O2S/c1-9(13)12(14,10-5-2-3-6-10)11-7-4-8-15-11/h4,7-8,10,14H,2-3,5-6H2,1H3. The summed E-state index contributed by atoms with van der Waals surface area (Å²) >= 11 is 1.47. The van der Waals surface area contributed by atoms with Crippen molar-refractivity contribution in [2.75, 3.05) is 0 Å². The van der Waals surface area contributed by atoms with Crippen LogP contribution in [0.3, 0.4) is 0 Å². The third-order valence-electron chi connectivity index (χ3n) is 3.38. The normalized spacial score (nSPS) is 21.5. The summed E-state index contributed by atoms with van der Waals surface area (Å²) < 4.78 is 0. The first-order valence-electron chi connectivity index (χ1n) is 5.43. The molecule has 1 saturated carbocycles. The fourth-order valence-electron chi connectivity index (χ4n) is 2.50. The summed E-state index contributed by atoms with van der Waals surface area (Å²) in [6, 6.07) is 3.76. The van der Waals surface area contributed by atoms with E-state index in [0.717, 1.165) is 30.6 Å². The van der Waals surface area contributed by atoms with Gasteiger partial charge >= 0.3 is 0 Å². The quantitative estimate of drug-likeness (QED) is 0.857. The first kappa shape index (κ1) is 10.8. The molecule has 1 aromatic heterocycles. The maximum atomic E-state index is 11.7. The zero-order valence-electron chi connectivity index (χ0n) is 8.90. The highest BCUT2D eigenvalue weighted by atomic mass is 32.1. The summed E-state index contributed by atoms with van der Waals surface area (Å²) in [4.78, 5) is 12.5. The summed E-state index contributed by atoms with van der Waals surface area (Å²) in [5.74, 6) is 0.00509. The average molecular weight is 224 g/mol. The molecule has 0 radical (unpaired) electrons. The number of ketones is 1. The van der Waals surface area contributed by atoms with Gasteiger partial charge in [0.15, 0.2) is 11.4 Å². The van der Waals surface area contributed by atoms with Crippen LogP contribution < -0.4 is 0 Å². The number of hydrogen-bond acceptors (Lipinski definition) is 3. The van der Waals surface area contributed by atoms with Gasteiger partial charge in [-0.1, -0.05) is 18.9 Å². The predicted molar refractivity (Wildman–Crippen MR) is 60.9 cm³/mol. The molecule has 1 fully saturated rings. The number of carbonyl (C=O) groups excluding carboxylic acids is 1. The molecule has 82 valence electrons. The Labute approximate surface area is 93.9 Å². The molecule has 0 saturated heterocycles. The van der Waals surface area contributed by atoms with Gasteiger partial charge in [0.2, 0.25) is 0 Å². The van der Waals surface area contributed by atoms with Gasteiger partial charge in [0.25, 0.3) is 0 Å². The first-order valence-corrected chi connectivity index (χ1v) is 6.31. The Kier molecular flexibility index (Phi) is 2.94. The van der Waals surface area contributed by atoms with Gasteiger partial charge < -0.3 is 5.11 Å². The second kappa shape index (κ2) is 4.06. The molecule has 1 aromatic rings. The van der Waals surface area contributed by atoms with Gasteiger partial charge in [0.05, 0.1) is 0 Å². The molecular weight excluding hydrogens is 208 g/mol. The molecule has 1 aliphatic carbocycles. The van der Waals surface area contributed by atoms with E-state index in [2.05, 4.69) is 0 Å². The molecule has 2 nitrogen and oxygen atoms in total. The van der Waals surface area contributed by atoms with Crippen molar-refractivity contribution in [3.63, 3.8) is 0 Å². The minimum atomic E-state index is -1.22. The van der Waals surface area contributed by atoms with Crippen molar-refractivity contribution < 1.29 is 9.90 Å². The van der Waals surface area contributed by atoms with Gasteiger partial charge in [0, 0.05) is 4.88 Å². The largest absolute Gasteiger partial charge is 0.376 e. The Morgan fingerprint density at radius 1 is 1.53 bits per heavy atom. The van der Waals surface area contributed by atoms with Crippen LogP contribution in [0.25, 0.3) is 0 Å². The SMILES string of the molecule is CC(=O)C(O)(c1cccs1)C1CCCC1. The molecule has 0 spiro atoms. The molecular formula is C12H16O2S.